The second kappa shape index (κ2) is 7.25. The minimum absolute atomic E-state index is 0.119. The van der Waals surface area contributed by atoms with Crippen molar-refractivity contribution in [1.82, 2.24) is 4.90 Å². The molecule has 3 rings (SSSR count). The highest BCUT2D eigenvalue weighted by atomic mass is 16.5. The van der Waals surface area contributed by atoms with Crippen LogP contribution in [0.5, 0.6) is 5.75 Å². The van der Waals surface area contributed by atoms with Crippen molar-refractivity contribution in [2.75, 3.05) is 39.5 Å². The molecular formula is C17H25NO3. The van der Waals surface area contributed by atoms with Crippen LogP contribution in [-0.2, 0) is 17.6 Å². The lowest BCUT2D eigenvalue weighted by Crippen LogP contribution is -2.41. The fourth-order valence-electron chi connectivity index (χ4n) is 3.25. The van der Waals surface area contributed by atoms with E-state index in [1.807, 2.05) is 0 Å². The lowest BCUT2D eigenvalue weighted by atomic mass is 10.0. The summed E-state index contributed by atoms with van der Waals surface area (Å²) >= 11 is 0. The molecule has 0 aliphatic carbocycles. The molecule has 21 heavy (non-hydrogen) atoms. The smallest absolute Gasteiger partial charge is 0.122 e. The summed E-state index contributed by atoms with van der Waals surface area (Å²) in [5.74, 6) is 1.06. The van der Waals surface area contributed by atoms with Gasteiger partial charge in [-0.1, -0.05) is 12.1 Å². The number of benzene rings is 1. The Morgan fingerprint density at radius 1 is 1.38 bits per heavy atom. The maximum Gasteiger partial charge on any atom is 0.122 e. The van der Waals surface area contributed by atoms with Gasteiger partial charge in [-0.2, -0.15) is 0 Å². The molecule has 2 aliphatic heterocycles. The molecule has 1 unspecified atom stereocenters. The first-order chi connectivity index (χ1) is 10.3. The molecule has 2 aliphatic rings. The summed E-state index contributed by atoms with van der Waals surface area (Å²) in [5.41, 5.74) is 2.76. The van der Waals surface area contributed by atoms with Crippen LogP contribution in [0.2, 0.25) is 0 Å². The Kier molecular flexibility index (Phi) is 5.12. The van der Waals surface area contributed by atoms with Crippen molar-refractivity contribution in [2.24, 2.45) is 0 Å². The van der Waals surface area contributed by atoms with Crippen LogP contribution in [0.4, 0.5) is 0 Å². The van der Waals surface area contributed by atoms with E-state index < -0.39 is 0 Å². The molecule has 116 valence electrons. The van der Waals surface area contributed by atoms with Crippen molar-refractivity contribution in [3.8, 4) is 5.75 Å². The van der Waals surface area contributed by atoms with Gasteiger partial charge in [-0.15, -0.1) is 0 Å². The maximum absolute atomic E-state index is 8.84. The van der Waals surface area contributed by atoms with Crippen LogP contribution < -0.4 is 4.74 Å². The summed E-state index contributed by atoms with van der Waals surface area (Å²) in [6, 6.07) is 6.60. The molecule has 0 radical (unpaired) electrons. The van der Waals surface area contributed by atoms with Crippen molar-refractivity contribution in [2.45, 2.75) is 31.8 Å². The molecule has 1 aromatic carbocycles. The van der Waals surface area contributed by atoms with Crippen LogP contribution >= 0.6 is 0 Å². The SMILES string of the molecule is OCCOC1CCCN(CCc2ccc3c(c2)CCO3)C1. The molecular weight excluding hydrogens is 266 g/mol. The number of aliphatic hydroxyl groups excluding tert-OH is 1. The van der Waals surface area contributed by atoms with Gasteiger partial charge in [-0.3, -0.25) is 0 Å². The lowest BCUT2D eigenvalue weighted by molar-refractivity contribution is -0.0141. The highest BCUT2D eigenvalue weighted by Crippen LogP contribution is 2.26. The third-order valence-electron chi connectivity index (χ3n) is 4.38. The Morgan fingerprint density at radius 3 is 3.24 bits per heavy atom. The number of hydrogen-bond donors (Lipinski definition) is 1. The van der Waals surface area contributed by atoms with E-state index in [0.717, 1.165) is 51.3 Å². The lowest BCUT2D eigenvalue weighted by Gasteiger charge is -2.32. The zero-order chi connectivity index (χ0) is 14.5. The Morgan fingerprint density at radius 2 is 2.33 bits per heavy atom. The van der Waals surface area contributed by atoms with Crippen LogP contribution in [0, 0.1) is 0 Å². The Hall–Kier alpha value is -1.10. The number of fused-ring (bicyclic) bond motifs is 1. The first-order valence-electron chi connectivity index (χ1n) is 8.04. The zero-order valence-corrected chi connectivity index (χ0v) is 12.6. The molecule has 1 fully saturated rings. The van der Waals surface area contributed by atoms with E-state index in [2.05, 4.69) is 23.1 Å². The van der Waals surface area contributed by atoms with Gasteiger partial charge in [0.15, 0.2) is 0 Å². The fourth-order valence-corrected chi connectivity index (χ4v) is 3.25. The molecule has 1 aromatic rings. The normalized spacial score (nSPS) is 22.0. The Labute approximate surface area is 126 Å². The molecule has 1 saturated heterocycles. The number of rotatable bonds is 6. The summed E-state index contributed by atoms with van der Waals surface area (Å²) in [6.07, 6.45) is 4.73. The number of likely N-dealkylation sites (tertiary alicyclic amines) is 1. The van der Waals surface area contributed by atoms with E-state index in [-0.39, 0.29) is 6.61 Å². The molecule has 1 N–H and O–H groups in total. The minimum atomic E-state index is 0.119. The largest absolute Gasteiger partial charge is 0.493 e. The molecule has 0 saturated carbocycles. The van der Waals surface area contributed by atoms with Gasteiger partial charge in [-0.05, 0) is 43.0 Å². The van der Waals surface area contributed by atoms with Gasteiger partial charge in [-0.25, -0.2) is 0 Å². The number of nitrogens with zero attached hydrogens (tertiary/aromatic N) is 1. The highest BCUT2D eigenvalue weighted by Gasteiger charge is 2.20. The topological polar surface area (TPSA) is 41.9 Å². The predicted molar refractivity (Wildman–Crippen MR) is 81.8 cm³/mol. The van der Waals surface area contributed by atoms with E-state index in [1.54, 1.807) is 0 Å². The standard InChI is InChI=1S/C17H25NO3/c19-9-11-20-16-2-1-7-18(13-16)8-5-14-3-4-17-15(12-14)6-10-21-17/h3-4,12,16,19H,1-2,5-11,13H2. The third kappa shape index (κ3) is 3.96. The third-order valence-corrected chi connectivity index (χ3v) is 4.38. The molecule has 0 spiro atoms. The second-order valence-corrected chi connectivity index (χ2v) is 5.95. The first kappa shape index (κ1) is 14.8. The van der Waals surface area contributed by atoms with E-state index in [4.69, 9.17) is 14.6 Å². The Bertz CT molecular complexity index is 463. The molecule has 4 nitrogen and oxygen atoms in total. The fraction of sp³-hybridized carbons (Fsp3) is 0.647. The highest BCUT2D eigenvalue weighted by molar-refractivity contribution is 5.39. The molecule has 2 heterocycles. The second-order valence-electron chi connectivity index (χ2n) is 5.95. The summed E-state index contributed by atoms with van der Waals surface area (Å²) in [5, 5.41) is 8.84. The summed E-state index contributed by atoms with van der Waals surface area (Å²) < 4.78 is 11.2. The summed E-state index contributed by atoms with van der Waals surface area (Å²) in [6.45, 7) is 4.64. The zero-order valence-electron chi connectivity index (χ0n) is 12.6. The maximum atomic E-state index is 8.84. The minimum Gasteiger partial charge on any atom is -0.493 e. The van der Waals surface area contributed by atoms with Crippen LogP contribution in [-0.4, -0.2) is 55.6 Å². The number of aliphatic hydroxyl groups is 1. The van der Waals surface area contributed by atoms with Gasteiger partial charge in [0.1, 0.15) is 5.75 Å². The molecule has 0 amide bonds. The van der Waals surface area contributed by atoms with Gasteiger partial charge >= 0.3 is 0 Å². The van der Waals surface area contributed by atoms with E-state index >= 15 is 0 Å². The van der Waals surface area contributed by atoms with E-state index in [0.29, 0.717) is 12.7 Å². The van der Waals surface area contributed by atoms with Crippen LogP contribution in [0.15, 0.2) is 18.2 Å². The predicted octanol–water partition coefficient (Wildman–Crippen LogP) is 1.64. The molecule has 0 bridgehead atoms. The average Bonchev–Trinajstić information content (AvgIpc) is 2.99. The summed E-state index contributed by atoms with van der Waals surface area (Å²) in [4.78, 5) is 2.48. The first-order valence-corrected chi connectivity index (χ1v) is 8.04. The van der Waals surface area contributed by atoms with Crippen LogP contribution in [0.25, 0.3) is 0 Å². The van der Waals surface area contributed by atoms with Crippen LogP contribution in [0.3, 0.4) is 0 Å². The number of hydrogen-bond acceptors (Lipinski definition) is 4. The van der Waals surface area contributed by atoms with Gasteiger partial charge in [0.05, 0.1) is 25.9 Å². The van der Waals surface area contributed by atoms with Crippen molar-refractivity contribution in [1.29, 1.82) is 0 Å². The van der Waals surface area contributed by atoms with E-state index in [9.17, 15) is 0 Å². The van der Waals surface area contributed by atoms with E-state index in [1.165, 1.54) is 17.5 Å². The van der Waals surface area contributed by atoms with Gasteiger partial charge in [0.25, 0.3) is 0 Å². The van der Waals surface area contributed by atoms with Gasteiger partial charge < -0.3 is 19.5 Å². The Balaban J connectivity index is 1.48. The molecule has 1 atom stereocenters. The summed E-state index contributed by atoms with van der Waals surface area (Å²) in [7, 11) is 0. The van der Waals surface area contributed by atoms with Crippen LogP contribution in [0.1, 0.15) is 24.0 Å². The van der Waals surface area contributed by atoms with Crippen molar-refractivity contribution in [3.63, 3.8) is 0 Å². The molecule has 4 heteroatoms. The monoisotopic (exact) mass is 291 g/mol. The molecule has 0 aromatic heterocycles. The number of piperidine rings is 1. The quantitative estimate of drug-likeness (QED) is 0.865. The van der Waals surface area contributed by atoms with Gasteiger partial charge in [0, 0.05) is 19.5 Å². The van der Waals surface area contributed by atoms with Crippen molar-refractivity contribution >= 4 is 0 Å². The van der Waals surface area contributed by atoms with Crippen molar-refractivity contribution < 1.29 is 14.6 Å². The average molecular weight is 291 g/mol. The van der Waals surface area contributed by atoms with Gasteiger partial charge in [0.2, 0.25) is 0 Å². The number of ether oxygens (including phenoxy) is 2. The van der Waals surface area contributed by atoms with Crippen molar-refractivity contribution in [3.05, 3.63) is 29.3 Å².